The molecule has 0 bridgehead atoms. The Labute approximate surface area is 492 Å². The number of oxime groups is 1. The smallest absolute Gasteiger partial charge is 0.220 e. The largest absolute Gasteiger partial charge is 0.411 e. The van der Waals surface area contributed by atoms with E-state index in [0.717, 1.165) is 97.7 Å². The van der Waals surface area contributed by atoms with Crippen molar-refractivity contribution in [2.45, 2.75) is 164 Å². The zero-order valence-corrected chi connectivity index (χ0v) is 51.5. The van der Waals surface area contributed by atoms with Gasteiger partial charge in [-0.15, -0.1) is 0 Å². The number of pyridine rings is 3. The second-order valence-corrected chi connectivity index (χ2v) is 29.1. The molecule has 10 heteroatoms. The average Bonchev–Trinajstić information content (AvgIpc) is 4.38. The van der Waals surface area contributed by atoms with E-state index in [1.54, 1.807) is 11.1 Å². The lowest BCUT2D eigenvalue weighted by Gasteiger charge is -2.60. The third kappa shape index (κ3) is 9.15. The highest BCUT2D eigenvalue weighted by atomic mass is 127. The first-order valence-electron chi connectivity index (χ1n) is 31.5. The van der Waals surface area contributed by atoms with Gasteiger partial charge in [-0.25, -0.2) is 0 Å². The number of hydrogen-bond donors (Lipinski definition) is 3. The average molecular weight is 1190 g/mol. The zero-order chi connectivity index (χ0) is 55.8. The first-order chi connectivity index (χ1) is 38.6. The van der Waals surface area contributed by atoms with Gasteiger partial charge in [-0.05, 0) is 269 Å². The van der Waals surface area contributed by atoms with E-state index in [2.05, 4.69) is 150 Å². The van der Waals surface area contributed by atoms with Crippen LogP contribution in [0.25, 0.3) is 16.7 Å². The molecule has 9 nitrogen and oxygen atoms in total. The van der Waals surface area contributed by atoms with E-state index < -0.39 is 0 Å². The fourth-order valence-electron chi connectivity index (χ4n) is 22.2. The van der Waals surface area contributed by atoms with Crippen LogP contribution < -0.4 is 10.6 Å². The molecule has 5 heterocycles. The summed E-state index contributed by atoms with van der Waals surface area (Å²) in [5.74, 6) is 9.47. The number of nitrogens with zero attached hydrogens (tertiary/aromatic N) is 4. The second-order valence-electron chi connectivity index (χ2n) is 29.1. The number of amides is 2. The molecule has 2 saturated heterocycles. The molecule has 0 unspecified atom stereocenters. The molecule has 9 fully saturated rings. The first kappa shape index (κ1) is 56.3. The number of fused-ring (bicyclic) bond motifs is 15. The minimum absolute atomic E-state index is 0.212. The van der Waals surface area contributed by atoms with Crippen LogP contribution in [0, 0.1) is 104 Å². The predicted molar refractivity (Wildman–Crippen MR) is 330 cm³/mol. The van der Waals surface area contributed by atoms with Gasteiger partial charge >= 0.3 is 0 Å². The van der Waals surface area contributed by atoms with Crippen molar-refractivity contribution in [3.05, 3.63) is 108 Å². The summed E-state index contributed by atoms with van der Waals surface area (Å²) >= 11 is 2.15. The van der Waals surface area contributed by atoms with Crippen molar-refractivity contribution < 1.29 is 14.8 Å². The maximum absolute atomic E-state index is 12.2. The summed E-state index contributed by atoms with van der Waals surface area (Å²) < 4.78 is 0. The number of carbonyl (C=O) groups is 2. The number of aromatic nitrogens is 3. The van der Waals surface area contributed by atoms with Gasteiger partial charge < -0.3 is 15.8 Å². The maximum atomic E-state index is 12.2. The van der Waals surface area contributed by atoms with E-state index in [-0.39, 0.29) is 22.6 Å². The van der Waals surface area contributed by atoms with Crippen molar-refractivity contribution in [3.63, 3.8) is 0 Å². The van der Waals surface area contributed by atoms with Crippen molar-refractivity contribution in [2.75, 3.05) is 18.0 Å². The van der Waals surface area contributed by atoms with Crippen LogP contribution in [0.3, 0.4) is 0 Å². The summed E-state index contributed by atoms with van der Waals surface area (Å²) in [7, 11) is 0. The summed E-state index contributed by atoms with van der Waals surface area (Å²) in [6.07, 6.45) is 42.0. The summed E-state index contributed by atoms with van der Waals surface area (Å²) in [4.78, 5) is 39.2. The molecule has 2 aliphatic heterocycles. The highest BCUT2D eigenvalue weighted by molar-refractivity contribution is 14.1. The fourth-order valence-corrected chi connectivity index (χ4v) is 22.2. The monoisotopic (exact) mass is 1190 g/mol. The summed E-state index contributed by atoms with van der Waals surface area (Å²) in [5, 5.41) is 19.3. The van der Waals surface area contributed by atoms with Crippen molar-refractivity contribution in [2.24, 2.45) is 109 Å². The Hall–Kier alpha value is -4.19. The normalized spacial score (nSPS) is 43.8. The highest BCUT2D eigenvalue weighted by Gasteiger charge is 2.62. The minimum atomic E-state index is 0.212. The Morgan fingerprint density at radius 2 is 0.912 bits per heavy atom. The lowest BCUT2D eigenvalue weighted by atomic mass is 9.46. The standard InChI is InChI=1S/3C23H30N2O.CH3I/c1-22-10-9-21-18(6-5-16-12-17(25-26)13-23(16,21)2)20(22)8-7-19(22)15-4-3-11-24-14-15;1-22-10-9-20-17(6-5-16-14-25-21(26)12-23(16,20)2)19(22)8-7-18(22)15-4-3-11-24-13-15;1-22-10-9-20-17(6-5-16-12-21(26)25-14-23(16,20)2)19(22)8-7-18(22)15-4-3-11-24-13-15;1-2/h3-4,7,11,14,16,18,20-21,26H,5-6,8-10,12-13H2,1-2H3;2*3-4,7,11,13,16-17,19-20H,5-6,8-10,12,14H2,1-2H3,(H,25,26);1H3/t16-,18-,20-,21-,22+,23-;2*16-,17-,19-,20-,22+,23-;/m000./s1. The van der Waals surface area contributed by atoms with Gasteiger partial charge in [0, 0.05) is 63.1 Å². The van der Waals surface area contributed by atoms with Gasteiger partial charge in [-0.1, -0.05) is 106 Å². The lowest BCUT2D eigenvalue weighted by molar-refractivity contribution is -0.140. The number of halogens is 1. The SMILES string of the molecule is CI.C[C@]12CC(=NO)C[C@@H]1CC[C@@H]1[C@@H]2CC[C@]2(C)C(c3cccnc3)=CC[C@@H]12.C[C@]12CC(=O)NC[C@@H]1CC[C@@H]1[C@@H]2CC[C@]2(C)C(c3cccnc3)=CC[C@@H]12.C[C@]12CNC(=O)C[C@@H]1CC[C@@H]1[C@@H]2CC[C@]2(C)C(c3cccnc3)=CC[C@@H]12. The number of allylic oxidation sites excluding steroid dienone is 6. The van der Waals surface area contributed by atoms with Crippen LogP contribution in [0.4, 0.5) is 0 Å². The Balaban J connectivity index is 0.000000118. The minimum Gasteiger partial charge on any atom is -0.411 e. The molecular weight excluding hydrogens is 1100 g/mol. The van der Waals surface area contributed by atoms with Gasteiger partial charge in [0.2, 0.25) is 11.8 Å². The van der Waals surface area contributed by atoms with Gasteiger partial charge in [0.25, 0.3) is 0 Å². The van der Waals surface area contributed by atoms with E-state index in [4.69, 9.17) is 0 Å². The van der Waals surface area contributed by atoms with E-state index in [1.165, 1.54) is 119 Å². The van der Waals surface area contributed by atoms with Crippen LogP contribution in [-0.2, 0) is 9.59 Å². The second kappa shape index (κ2) is 21.8. The van der Waals surface area contributed by atoms with Gasteiger partial charge in [0.1, 0.15) is 0 Å². The van der Waals surface area contributed by atoms with Crippen LogP contribution >= 0.6 is 22.6 Å². The molecule has 0 spiro atoms. The number of piperidine rings is 2. The Bertz CT molecular complexity index is 2910. The van der Waals surface area contributed by atoms with E-state index in [9.17, 15) is 14.8 Å². The van der Waals surface area contributed by atoms with Gasteiger partial charge in [-0.2, -0.15) is 0 Å². The van der Waals surface area contributed by atoms with Gasteiger partial charge in [0.15, 0.2) is 0 Å². The fraction of sp³-hybridized carbons (Fsp3) is 0.657. The van der Waals surface area contributed by atoms with Crippen LogP contribution in [0.2, 0.25) is 0 Å². The van der Waals surface area contributed by atoms with Crippen molar-refractivity contribution >= 4 is 56.8 Å². The molecule has 7 saturated carbocycles. The third-order valence-electron chi connectivity index (χ3n) is 26.2. The van der Waals surface area contributed by atoms with Crippen LogP contribution in [0.1, 0.15) is 180 Å². The van der Waals surface area contributed by atoms with E-state index in [0.29, 0.717) is 39.4 Å². The van der Waals surface area contributed by atoms with Crippen molar-refractivity contribution in [1.82, 2.24) is 25.6 Å². The number of nitrogens with one attached hydrogen (secondary N) is 2. The molecule has 12 aliphatic rings. The Morgan fingerprint density at radius 3 is 1.34 bits per heavy atom. The predicted octanol–water partition coefficient (Wildman–Crippen LogP) is 15.5. The number of rotatable bonds is 3. The molecule has 0 radical (unpaired) electrons. The summed E-state index contributed by atoms with van der Waals surface area (Å²) in [6.45, 7) is 16.7. The maximum Gasteiger partial charge on any atom is 0.220 e. The molecule has 3 N–H and O–H groups in total. The summed E-state index contributed by atoms with van der Waals surface area (Å²) in [5.41, 5.74) is 11.4. The van der Waals surface area contributed by atoms with E-state index >= 15 is 0 Å². The molecule has 80 heavy (non-hydrogen) atoms. The lowest BCUT2D eigenvalue weighted by Crippen LogP contribution is -2.58. The van der Waals surface area contributed by atoms with Crippen molar-refractivity contribution in [1.29, 1.82) is 0 Å². The number of alkyl halides is 1. The Kier molecular flexibility index (Phi) is 15.3. The van der Waals surface area contributed by atoms with Crippen LogP contribution in [-0.4, -0.2) is 55.7 Å². The van der Waals surface area contributed by atoms with Crippen LogP contribution in [0.5, 0.6) is 0 Å². The highest BCUT2D eigenvalue weighted by Crippen LogP contribution is 2.70. The molecule has 0 aromatic carbocycles. The quantitative estimate of drug-likeness (QED) is 0.104. The molecule has 428 valence electrons. The molecule has 2 amide bonds. The summed E-state index contributed by atoms with van der Waals surface area (Å²) in [6, 6.07) is 12.9. The molecule has 3 aromatic rings. The topological polar surface area (TPSA) is 129 Å². The Morgan fingerprint density at radius 1 is 0.500 bits per heavy atom. The van der Waals surface area contributed by atoms with Gasteiger partial charge in [-0.3, -0.25) is 24.5 Å². The van der Waals surface area contributed by atoms with E-state index in [1.807, 2.05) is 42.1 Å². The number of carbonyl (C=O) groups excluding carboxylic acids is 2. The molecule has 18 atom stereocenters. The number of hydrogen-bond acceptors (Lipinski definition) is 7. The molecule has 3 aromatic heterocycles. The zero-order valence-electron chi connectivity index (χ0n) is 49.4. The first-order valence-corrected chi connectivity index (χ1v) is 33.7. The van der Waals surface area contributed by atoms with Gasteiger partial charge in [0.05, 0.1) is 5.71 Å². The molecular formula is C70H93IN6O3. The third-order valence-corrected chi connectivity index (χ3v) is 26.2. The molecule has 15 rings (SSSR count). The van der Waals surface area contributed by atoms with Crippen LogP contribution in [0.15, 0.2) is 97.0 Å². The molecule has 10 aliphatic carbocycles. The van der Waals surface area contributed by atoms with Crippen molar-refractivity contribution in [3.8, 4) is 0 Å².